The van der Waals surface area contributed by atoms with Crippen LogP contribution in [0.5, 0.6) is 0 Å². The Kier molecular flexibility index (Phi) is 6.10. The summed E-state index contributed by atoms with van der Waals surface area (Å²) in [7, 11) is 0. The van der Waals surface area contributed by atoms with Crippen molar-refractivity contribution in [3.63, 3.8) is 0 Å². The highest BCUT2D eigenvalue weighted by Crippen LogP contribution is 2.07. The maximum Gasteiger partial charge on any atom is 0.0572 e. The fraction of sp³-hybridized carbons (Fsp3) is 0.571. The van der Waals surface area contributed by atoms with Crippen LogP contribution in [0.25, 0.3) is 0 Å². The van der Waals surface area contributed by atoms with Crippen molar-refractivity contribution < 1.29 is 4.74 Å². The molecule has 0 N–H and O–H groups in total. The van der Waals surface area contributed by atoms with Gasteiger partial charge in [-0.15, -0.1) is 0 Å². The van der Waals surface area contributed by atoms with Gasteiger partial charge in [-0.05, 0) is 24.8 Å². The van der Waals surface area contributed by atoms with Gasteiger partial charge < -0.3 is 4.74 Å². The highest BCUT2D eigenvalue weighted by molar-refractivity contribution is 5.14. The molecular weight excluding hydrogens is 184 g/mol. The predicted octanol–water partition coefficient (Wildman–Crippen LogP) is 3.82. The van der Waals surface area contributed by atoms with Crippen molar-refractivity contribution in [1.29, 1.82) is 0 Å². The topological polar surface area (TPSA) is 9.23 Å². The molecule has 0 saturated heterocycles. The summed E-state index contributed by atoms with van der Waals surface area (Å²) in [4.78, 5) is 0. The van der Waals surface area contributed by atoms with E-state index in [4.69, 9.17) is 4.74 Å². The molecule has 0 fully saturated rings. The van der Waals surface area contributed by atoms with E-state index in [1.54, 1.807) is 0 Å². The summed E-state index contributed by atoms with van der Waals surface area (Å²) in [5.74, 6) is 0. The number of hydrogen-bond donors (Lipinski definition) is 0. The Hall–Kier alpha value is -0.820. The van der Waals surface area contributed by atoms with E-state index in [0.29, 0.717) is 6.10 Å². The average molecular weight is 206 g/mol. The lowest BCUT2D eigenvalue weighted by atomic mass is 10.1. The third kappa shape index (κ3) is 4.98. The molecule has 0 aliphatic carbocycles. The van der Waals surface area contributed by atoms with Crippen molar-refractivity contribution in [2.24, 2.45) is 0 Å². The molecule has 0 aromatic heterocycles. The molecule has 0 aliphatic rings. The van der Waals surface area contributed by atoms with Crippen molar-refractivity contribution in [2.45, 2.75) is 45.6 Å². The van der Waals surface area contributed by atoms with E-state index < -0.39 is 0 Å². The molecule has 0 unspecified atom stereocenters. The van der Waals surface area contributed by atoms with Crippen LogP contribution in [0.15, 0.2) is 30.3 Å². The van der Waals surface area contributed by atoms with Gasteiger partial charge in [-0.2, -0.15) is 0 Å². The maximum absolute atomic E-state index is 5.84. The van der Waals surface area contributed by atoms with Crippen LogP contribution in [0.2, 0.25) is 0 Å². The smallest absolute Gasteiger partial charge is 0.0572 e. The number of rotatable bonds is 7. The fourth-order valence-electron chi connectivity index (χ4n) is 1.72. The van der Waals surface area contributed by atoms with Gasteiger partial charge in [-0.1, -0.05) is 50.6 Å². The largest absolute Gasteiger partial charge is 0.378 e. The molecule has 0 spiro atoms. The average Bonchev–Trinajstić information content (AvgIpc) is 2.29. The van der Waals surface area contributed by atoms with Crippen LogP contribution in [-0.4, -0.2) is 12.7 Å². The molecule has 1 aromatic rings. The minimum absolute atomic E-state index is 0.457. The quantitative estimate of drug-likeness (QED) is 0.659. The van der Waals surface area contributed by atoms with E-state index in [1.807, 2.05) is 0 Å². The van der Waals surface area contributed by atoms with Crippen molar-refractivity contribution in [2.75, 3.05) is 6.61 Å². The van der Waals surface area contributed by atoms with Gasteiger partial charge in [-0.25, -0.2) is 0 Å². The molecule has 0 radical (unpaired) electrons. The van der Waals surface area contributed by atoms with Gasteiger partial charge >= 0.3 is 0 Å². The van der Waals surface area contributed by atoms with Crippen LogP contribution >= 0.6 is 0 Å². The first-order valence-corrected chi connectivity index (χ1v) is 6.02. The molecule has 1 rings (SSSR count). The number of ether oxygens (including phenoxy) is 1. The van der Waals surface area contributed by atoms with E-state index in [2.05, 4.69) is 44.2 Å². The van der Waals surface area contributed by atoms with Gasteiger partial charge in [0.1, 0.15) is 0 Å². The molecule has 15 heavy (non-hydrogen) atoms. The summed E-state index contributed by atoms with van der Waals surface area (Å²) in [6.07, 6.45) is 5.01. The molecule has 1 aromatic carbocycles. The zero-order valence-electron chi connectivity index (χ0n) is 9.91. The lowest BCUT2D eigenvalue weighted by molar-refractivity contribution is 0.0465. The van der Waals surface area contributed by atoms with Gasteiger partial charge in [0.15, 0.2) is 0 Å². The summed E-state index contributed by atoms with van der Waals surface area (Å²) >= 11 is 0. The zero-order chi connectivity index (χ0) is 10.9. The SMILES string of the molecule is CCC[C@@H](CC)OCCc1ccccc1. The van der Waals surface area contributed by atoms with E-state index in [9.17, 15) is 0 Å². The van der Waals surface area contributed by atoms with E-state index in [1.165, 1.54) is 18.4 Å². The van der Waals surface area contributed by atoms with Crippen molar-refractivity contribution in [1.82, 2.24) is 0 Å². The van der Waals surface area contributed by atoms with E-state index in [-0.39, 0.29) is 0 Å². The summed E-state index contributed by atoms with van der Waals surface area (Å²) in [5, 5.41) is 0. The molecule has 1 nitrogen and oxygen atoms in total. The molecule has 0 aliphatic heterocycles. The van der Waals surface area contributed by atoms with Crippen LogP contribution in [0, 0.1) is 0 Å². The fourth-order valence-corrected chi connectivity index (χ4v) is 1.72. The van der Waals surface area contributed by atoms with Crippen LogP contribution in [0.3, 0.4) is 0 Å². The highest BCUT2D eigenvalue weighted by Gasteiger charge is 2.04. The second-order valence-corrected chi connectivity index (χ2v) is 3.93. The Labute approximate surface area is 93.5 Å². The van der Waals surface area contributed by atoms with Crippen molar-refractivity contribution in [3.8, 4) is 0 Å². The molecule has 0 bridgehead atoms. The van der Waals surface area contributed by atoms with Gasteiger partial charge in [0, 0.05) is 0 Å². The minimum Gasteiger partial charge on any atom is -0.378 e. The molecule has 0 amide bonds. The lowest BCUT2D eigenvalue weighted by Crippen LogP contribution is -2.13. The van der Waals surface area contributed by atoms with Gasteiger partial charge in [0.05, 0.1) is 12.7 Å². The maximum atomic E-state index is 5.84. The standard InChI is InChI=1S/C14H22O/c1-3-8-14(4-2)15-12-11-13-9-6-5-7-10-13/h5-7,9-10,14H,3-4,8,11-12H2,1-2H3/t14-/m1/s1. The normalized spacial score (nSPS) is 12.7. The Balaban J connectivity index is 2.20. The summed E-state index contributed by atoms with van der Waals surface area (Å²) in [6.45, 7) is 5.26. The van der Waals surface area contributed by atoms with Crippen LogP contribution < -0.4 is 0 Å². The highest BCUT2D eigenvalue weighted by atomic mass is 16.5. The number of hydrogen-bond acceptors (Lipinski definition) is 1. The Morgan fingerprint density at radius 2 is 1.87 bits per heavy atom. The van der Waals surface area contributed by atoms with Crippen LogP contribution in [0.4, 0.5) is 0 Å². The zero-order valence-corrected chi connectivity index (χ0v) is 9.91. The molecule has 84 valence electrons. The van der Waals surface area contributed by atoms with Gasteiger partial charge in [0.25, 0.3) is 0 Å². The Bertz CT molecular complexity index is 243. The van der Waals surface area contributed by atoms with E-state index in [0.717, 1.165) is 19.4 Å². The molecule has 1 atom stereocenters. The van der Waals surface area contributed by atoms with Gasteiger partial charge in [-0.3, -0.25) is 0 Å². The third-order valence-electron chi connectivity index (χ3n) is 2.65. The summed E-state index contributed by atoms with van der Waals surface area (Å²) in [5.41, 5.74) is 1.36. The lowest BCUT2D eigenvalue weighted by Gasteiger charge is -2.14. The summed E-state index contributed by atoms with van der Waals surface area (Å²) in [6, 6.07) is 10.5. The third-order valence-corrected chi connectivity index (χ3v) is 2.65. The van der Waals surface area contributed by atoms with Crippen molar-refractivity contribution >= 4 is 0 Å². The first-order chi connectivity index (χ1) is 7.36. The predicted molar refractivity (Wildman–Crippen MR) is 65.1 cm³/mol. The first kappa shape index (κ1) is 12.3. The minimum atomic E-state index is 0.457. The number of benzene rings is 1. The second-order valence-electron chi connectivity index (χ2n) is 3.93. The van der Waals surface area contributed by atoms with E-state index >= 15 is 0 Å². The Morgan fingerprint density at radius 3 is 2.47 bits per heavy atom. The summed E-state index contributed by atoms with van der Waals surface area (Å²) < 4.78 is 5.84. The molecule has 1 heteroatoms. The van der Waals surface area contributed by atoms with Gasteiger partial charge in [0.2, 0.25) is 0 Å². The molecular formula is C14H22O. The van der Waals surface area contributed by atoms with Crippen LogP contribution in [0.1, 0.15) is 38.7 Å². The second kappa shape index (κ2) is 7.47. The van der Waals surface area contributed by atoms with Crippen LogP contribution in [-0.2, 0) is 11.2 Å². The Morgan fingerprint density at radius 1 is 1.13 bits per heavy atom. The molecule has 0 saturated carbocycles. The molecule has 0 heterocycles. The first-order valence-electron chi connectivity index (χ1n) is 6.02. The monoisotopic (exact) mass is 206 g/mol. The van der Waals surface area contributed by atoms with Crippen molar-refractivity contribution in [3.05, 3.63) is 35.9 Å².